The summed E-state index contributed by atoms with van der Waals surface area (Å²) in [5.41, 5.74) is 5.50. The summed E-state index contributed by atoms with van der Waals surface area (Å²) in [5.74, 6) is 0.197. The Morgan fingerprint density at radius 1 is 1.19 bits per heavy atom. The van der Waals surface area contributed by atoms with Gasteiger partial charge in [-0.1, -0.05) is 32.0 Å². The van der Waals surface area contributed by atoms with Crippen LogP contribution in [0.25, 0.3) is 0 Å². The number of nitrogens with two attached hydrogens (primary N) is 1. The molecule has 2 N–H and O–H groups in total. The molecule has 1 aromatic carbocycles. The Morgan fingerprint density at radius 3 is 2.33 bits per heavy atom. The lowest BCUT2D eigenvalue weighted by atomic mass is 9.73. The normalized spacial score (nSPS) is 27.4. The predicted octanol–water partition coefficient (Wildman–Crippen LogP) is 4.57. The van der Waals surface area contributed by atoms with Crippen molar-refractivity contribution in [2.24, 2.45) is 17.1 Å². The van der Waals surface area contributed by atoms with E-state index in [4.69, 9.17) is 5.73 Å². The fourth-order valence-electron chi connectivity index (χ4n) is 4.90. The first-order valence-corrected chi connectivity index (χ1v) is 9.86. The number of likely N-dealkylation sites (tertiary alicyclic amines) is 1. The highest BCUT2D eigenvalue weighted by Gasteiger charge is 2.49. The average Bonchev–Trinajstić information content (AvgIpc) is 3.04. The number of hydrogen-bond acceptors (Lipinski definition) is 2. The number of halogens is 3. The van der Waals surface area contributed by atoms with Crippen LogP contribution in [-0.2, 0) is 11.0 Å². The largest absolute Gasteiger partial charge is 0.416 e. The Morgan fingerprint density at radius 2 is 1.81 bits per heavy atom. The fraction of sp³-hybridized carbons (Fsp3) is 0.667. The van der Waals surface area contributed by atoms with Crippen LogP contribution in [0.3, 0.4) is 0 Å². The molecular weight excluding hydrogens is 353 g/mol. The molecule has 1 saturated heterocycles. The van der Waals surface area contributed by atoms with Gasteiger partial charge >= 0.3 is 6.18 Å². The summed E-state index contributed by atoms with van der Waals surface area (Å²) >= 11 is 0. The first-order chi connectivity index (χ1) is 12.6. The van der Waals surface area contributed by atoms with Crippen LogP contribution in [0, 0.1) is 11.3 Å². The molecule has 150 valence electrons. The molecule has 0 aromatic heterocycles. The van der Waals surface area contributed by atoms with Crippen molar-refractivity contribution < 1.29 is 18.0 Å². The van der Waals surface area contributed by atoms with E-state index in [0.29, 0.717) is 37.9 Å². The van der Waals surface area contributed by atoms with Crippen LogP contribution in [0.1, 0.15) is 63.0 Å². The zero-order valence-corrected chi connectivity index (χ0v) is 16.1. The summed E-state index contributed by atoms with van der Waals surface area (Å²) < 4.78 is 39.9. The van der Waals surface area contributed by atoms with Gasteiger partial charge in [0.2, 0.25) is 5.91 Å². The molecule has 3 nitrogen and oxygen atoms in total. The van der Waals surface area contributed by atoms with Crippen LogP contribution in [0.4, 0.5) is 13.2 Å². The zero-order chi connectivity index (χ0) is 19.8. The SMILES string of the molecule is CC(C)[C@]1(C(=O)N2CCC(c3ccccc3C(F)(F)F)CC2)CC[C@@H](N)C1. The number of benzene rings is 1. The molecule has 2 atom stereocenters. The Kier molecular flexibility index (Phi) is 5.57. The molecule has 0 unspecified atom stereocenters. The van der Waals surface area contributed by atoms with Gasteiger partial charge in [-0.15, -0.1) is 0 Å². The van der Waals surface area contributed by atoms with E-state index in [0.717, 1.165) is 18.9 Å². The molecule has 2 fully saturated rings. The lowest BCUT2D eigenvalue weighted by Crippen LogP contribution is -2.49. The van der Waals surface area contributed by atoms with Gasteiger partial charge in [-0.05, 0) is 55.6 Å². The summed E-state index contributed by atoms with van der Waals surface area (Å²) in [6, 6.07) is 5.89. The number of carbonyl (C=O) groups is 1. The monoisotopic (exact) mass is 382 g/mol. The fourth-order valence-corrected chi connectivity index (χ4v) is 4.90. The van der Waals surface area contributed by atoms with Gasteiger partial charge in [-0.3, -0.25) is 4.79 Å². The molecule has 0 bridgehead atoms. The van der Waals surface area contributed by atoms with Gasteiger partial charge in [0.05, 0.1) is 11.0 Å². The summed E-state index contributed by atoms with van der Waals surface area (Å²) in [6.45, 7) is 5.17. The highest BCUT2D eigenvalue weighted by Crippen LogP contribution is 2.46. The summed E-state index contributed by atoms with van der Waals surface area (Å²) in [4.78, 5) is 15.1. The van der Waals surface area contributed by atoms with E-state index >= 15 is 0 Å². The molecule has 1 aliphatic heterocycles. The molecule has 1 aliphatic carbocycles. The highest BCUT2D eigenvalue weighted by molar-refractivity contribution is 5.83. The van der Waals surface area contributed by atoms with Gasteiger partial charge in [0.25, 0.3) is 0 Å². The molecule has 6 heteroatoms. The lowest BCUT2D eigenvalue weighted by molar-refractivity contribution is -0.146. The topological polar surface area (TPSA) is 46.3 Å². The first kappa shape index (κ1) is 20.2. The number of hydrogen-bond donors (Lipinski definition) is 1. The van der Waals surface area contributed by atoms with Crippen molar-refractivity contribution >= 4 is 5.91 Å². The maximum absolute atomic E-state index is 13.3. The van der Waals surface area contributed by atoms with Crippen LogP contribution in [0.2, 0.25) is 0 Å². The van der Waals surface area contributed by atoms with E-state index in [1.54, 1.807) is 12.1 Å². The molecular formula is C21H29F3N2O. The number of nitrogens with zero attached hydrogens (tertiary/aromatic N) is 1. The second kappa shape index (κ2) is 7.46. The van der Waals surface area contributed by atoms with Crippen molar-refractivity contribution in [1.29, 1.82) is 0 Å². The Bertz CT molecular complexity index is 680. The van der Waals surface area contributed by atoms with Crippen LogP contribution in [0.15, 0.2) is 24.3 Å². The standard InChI is InChI=1S/C21H29F3N2O/c1-14(2)20(10-7-16(25)13-20)19(27)26-11-8-15(9-12-26)17-5-3-4-6-18(17)21(22,23)24/h3-6,14-16H,7-13,25H2,1-2H3/t16-,20+/m1/s1. The van der Waals surface area contributed by atoms with Crippen molar-refractivity contribution in [1.82, 2.24) is 4.90 Å². The maximum Gasteiger partial charge on any atom is 0.416 e. The molecule has 0 radical (unpaired) electrons. The molecule has 1 heterocycles. The molecule has 1 amide bonds. The van der Waals surface area contributed by atoms with E-state index in [1.807, 2.05) is 4.90 Å². The number of rotatable bonds is 3. The van der Waals surface area contributed by atoms with Gasteiger partial charge in [-0.2, -0.15) is 13.2 Å². The van der Waals surface area contributed by atoms with Gasteiger partial charge in [0, 0.05) is 19.1 Å². The third-order valence-corrected chi connectivity index (χ3v) is 6.61. The van der Waals surface area contributed by atoms with Gasteiger partial charge in [0.1, 0.15) is 0 Å². The van der Waals surface area contributed by atoms with Crippen molar-refractivity contribution in [3.63, 3.8) is 0 Å². The average molecular weight is 382 g/mol. The van der Waals surface area contributed by atoms with Crippen LogP contribution >= 0.6 is 0 Å². The molecule has 0 spiro atoms. The van der Waals surface area contributed by atoms with Crippen molar-refractivity contribution in [2.45, 2.75) is 64.1 Å². The summed E-state index contributed by atoms with van der Waals surface area (Å²) in [7, 11) is 0. The Hall–Kier alpha value is -1.56. The van der Waals surface area contributed by atoms with E-state index < -0.39 is 17.2 Å². The van der Waals surface area contributed by atoms with E-state index in [1.165, 1.54) is 6.07 Å². The third-order valence-electron chi connectivity index (χ3n) is 6.61. The molecule has 2 aliphatic rings. The minimum atomic E-state index is -4.34. The van der Waals surface area contributed by atoms with Crippen LogP contribution in [0.5, 0.6) is 0 Å². The second-order valence-electron chi connectivity index (χ2n) is 8.47. The van der Waals surface area contributed by atoms with E-state index in [-0.39, 0.29) is 23.8 Å². The summed E-state index contributed by atoms with van der Waals surface area (Å²) in [6.07, 6.45) is -0.829. The number of piperidine rings is 1. The van der Waals surface area contributed by atoms with E-state index in [9.17, 15) is 18.0 Å². The Balaban J connectivity index is 1.72. The molecule has 3 rings (SSSR count). The van der Waals surface area contributed by atoms with Gasteiger partial charge in [0.15, 0.2) is 0 Å². The van der Waals surface area contributed by atoms with Crippen molar-refractivity contribution in [3.05, 3.63) is 35.4 Å². The molecule has 27 heavy (non-hydrogen) atoms. The lowest BCUT2D eigenvalue weighted by Gasteiger charge is -2.41. The summed E-state index contributed by atoms with van der Waals surface area (Å²) in [5, 5.41) is 0. The smallest absolute Gasteiger partial charge is 0.342 e. The first-order valence-electron chi connectivity index (χ1n) is 9.86. The minimum Gasteiger partial charge on any atom is -0.342 e. The van der Waals surface area contributed by atoms with E-state index in [2.05, 4.69) is 13.8 Å². The number of alkyl halides is 3. The highest BCUT2D eigenvalue weighted by atomic mass is 19.4. The van der Waals surface area contributed by atoms with Crippen LogP contribution in [-0.4, -0.2) is 29.9 Å². The van der Waals surface area contributed by atoms with Crippen molar-refractivity contribution in [2.75, 3.05) is 13.1 Å². The molecule has 1 aromatic rings. The van der Waals surface area contributed by atoms with Gasteiger partial charge in [-0.25, -0.2) is 0 Å². The second-order valence-corrected chi connectivity index (χ2v) is 8.47. The zero-order valence-electron chi connectivity index (χ0n) is 16.1. The van der Waals surface area contributed by atoms with Crippen molar-refractivity contribution in [3.8, 4) is 0 Å². The molecule has 1 saturated carbocycles. The Labute approximate surface area is 159 Å². The maximum atomic E-state index is 13.3. The third kappa shape index (κ3) is 3.86. The van der Waals surface area contributed by atoms with Gasteiger partial charge < -0.3 is 10.6 Å². The number of carbonyl (C=O) groups excluding carboxylic acids is 1. The van der Waals surface area contributed by atoms with Crippen LogP contribution < -0.4 is 5.73 Å². The minimum absolute atomic E-state index is 0.0625. The number of amides is 1. The quantitative estimate of drug-likeness (QED) is 0.833. The predicted molar refractivity (Wildman–Crippen MR) is 99.1 cm³/mol.